The minimum atomic E-state index is -1.11. The van der Waals surface area contributed by atoms with Crippen molar-refractivity contribution in [1.82, 2.24) is 5.32 Å². The summed E-state index contributed by atoms with van der Waals surface area (Å²) < 4.78 is 11.3. The van der Waals surface area contributed by atoms with Crippen LogP contribution in [0.4, 0.5) is 4.79 Å². The molecule has 32 heavy (non-hydrogen) atoms. The summed E-state index contributed by atoms with van der Waals surface area (Å²) in [6.45, 7) is 0.136. The van der Waals surface area contributed by atoms with Crippen molar-refractivity contribution in [3.63, 3.8) is 0 Å². The van der Waals surface area contributed by atoms with E-state index >= 15 is 0 Å². The van der Waals surface area contributed by atoms with E-state index in [0.717, 1.165) is 33.6 Å². The van der Waals surface area contributed by atoms with Gasteiger partial charge < -0.3 is 19.9 Å². The molecule has 3 aromatic carbocycles. The van der Waals surface area contributed by atoms with Crippen molar-refractivity contribution in [3.05, 3.63) is 89.5 Å². The van der Waals surface area contributed by atoms with Crippen LogP contribution in [0.3, 0.4) is 0 Å². The highest BCUT2D eigenvalue weighted by atomic mass is 16.5. The third-order valence-electron chi connectivity index (χ3n) is 6.15. The zero-order chi connectivity index (χ0) is 22.1. The average molecular weight is 429 g/mol. The molecule has 5 rings (SSSR count). The van der Waals surface area contributed by atoms with Gasteiger partial charge in [0, 0.05) is 18.8 Å². The van der Waals surface area contributed by atoms with Crippen LogP contribution in [0.2, 0.25) is 0 Å². The summed E-state index contributed by atoms with van der Waals surface area (Å²) in [5, 5.41) is 12.1. The number of rotatable bonds is 6. The van der Waals surface area contributed by atoms with Gasteiger partial charge in [0.25, 0.3) is 0 Å². The summed E-state index contributed by atoms with van der Waals surface area (Å²) in [4.78, 5) is 24.3. The number of carboxylic acids is 1. The van der Waals surface area contributed by atoms with Crippen molar-refractivity contribution in [1.29, 1.82) is 0 Å². The summed E-state index contributed by atoms with van der Waals surface area (Å²) in [6.07, 6.45) is -0.266. The van der Waals surface area contributed by atoms with E-state index in [4.69, 9.17) is 9.47 Å². The van der Waals surface area contributed by atoms with Crippen molar-refractivity contribution in [2.75, 3.05) is 6.61 Å². The Labute approximate surface area is 185 Å². The standard InChI is InChI=1S/C26H23NO5/c28-25(29)23(14-17-13-16-7-1-6-12-24(16)32-17)27-26(30)31-15-22-20-10-4-2-8-18(20)19-9-3-5-11-21(19)22/h1-12,17,22-23H,13-15H2,(H,27,30)(H,28,29). The molecule has 1 aliphatic heterocycles. The quantitative estimate of drug-likeness (QED) is 0.608. The molecule has 2 aliphatic rings. The van der Waals surface area contributed by atoms with Gasteiger partial charge in [-0.1, -0.05) is 66.7 Å². The predicted octanol–water partition coefficient (Wildman–Crippen LogP) is 4.37. The Kier molecular flexibility index (Phi) is 5.27. The number of carbonyl (C=O) groups excluding carboxylic acids is 1. The SMILES string of the molecule is O=C(NC(CC1Cc2ccccc2O1)C(=O)O)OCC1c2ccccc2-c2ccccc21. The highest BCUT2D eigenvalue weighted by Crippen LogP contribution is 2.44. The molecule has 162 valence electrons. The fraction of sp³-hybridized carbons (Fsp3) is 0.231. The molecule has 0 fully saturated rings. The van der Waals surface area contributed by atoms with Gasteiger partial charge in [-0.05, 0) is 33.9 Å². The van der Waals surface area contributed by atoms with E-state index in [-0.39, 0.29) is 25.0 Å². The van der Waals surface area contributed by atoms with E-state index in [1.54, 1.807) is 0 Å². The molecular formula is C26H23NO5. The number of hydrogen-bond donors (Lipinski definition) is 2. The number of amides is 1. The molecule has 2 unspecified atom stereocenters. The lowest BCUT2D eigenvalue weighted by Crippen LogP contribution is -2.44. The van der Waals surface area contributed by atoms with E-state index in [2.05, 4.69) is 17.4 Å². The zero-order valence-corrected chi connectivity index (χ0v) is 17.4. The van der Waals surface area contributed by atoms with Crippen LogP contribution in [0.15, 0.2) is 72.8 Å². The van der Waals surface area contributed by atoms with Crippen LogP contribution in [-0.4, -0.2) is 35.9 Å². The molecule has 0 spiro atoms. The summed E-state index contributed by atoms with van der Waals surface area (Å²) in [5.74, 6) is -0.426. The highest BCUT2D eigenvalue weighted by molar-refractivity contribution is 5.81. The van der Waals surface area contributed by atoms with Crippen LogP contribution in [0.25, 0.3) is 11.1 Å². The first-order chi connectivity index (χ1) is 15.6. The average Bonchev–Trinajstić information content (AvgIpc) is 3.35. The lowest BCUT2D eigenvalue weighted by Gasteiger charge is -2.19. The van der Waals surface area contributed by atoms with Gasteiger partial charge in [0.05, 0.1) is 0 Å². The minimum Gasteiger partial charge on any atom is -0.490 e. The van der Waals surface area contributed by atoms with E-state index in [1.165, 1.54) is 0 Å². The van der Waals surface area contributed by atoms with Crippen LogP contribution in [0, 0.1) is 0 Å². The molecule has 0 saturated carbocycles. The van der Waals surface area contributed by atoms with Crippen LogP contribution < -0.4 is 10.1 Å². The Morgan fingerprint density at radius 2 is 1.59 bits per heavy atom. The number of nitrogens with one attached hydrogen (secondary N) is 1. The van der Waals surface area contributed by atoms with E-state index in [9.17, 15) is 14.7 Å². The number of hydrogen-bond acceptors (Lipinski definition) is 4. The van der Waals surface area contributed by atoms with Crippen LogP contribution in [0.5, 0.6) is 5.75 Å². The molecule has 1 aliphatic carbocycles. The van der Waals surface area contributed by atoms with Gasteiger partial charge in [-0.3, -0.25) is 0 Å². The fourth-order valence-electron chi connectivity index (χ4n) is 4.65. The molecule has 0 bridgehead atoms. The van der Waals surface area contributed by atoms with E-state index < -0.39 is 18.1 Å². The first kappa shape index (κ1) is 20.1. The first-order valence-corrected chi connectivity index (χ1v) is 10.7. The van der Waals surface area contributed by atoms with E-state index in [1.807, 2.05) is 60.7 Å². The number of ether oxygens (including phenoxy) is 2. The van der Waals surface area contributed by atoms with Gasteiger partial charge in [-0.2, -0.15) is 0 Å². The molecule has 0 radical (unpaired) electrons. The Hall–Kier alpha value is -3.80. The normalized spacial score (nSPS) is 16.9. The number of carboxylic acid groups (broad SMARTS) is 1. The number of para-hydroxylation sites is 1. The monoisotopic (exact) mass is 429 g/mol. The van der Waals surface area contributed by atoms with Gasteiger partial charge in [0.2, 0.25) is 0 Å². The maximum atomic E-state index is 12.5. The molecule has 0 aromatic heterocycles. The Balaban J connectivity index is 1.22. The summed E-state index contributed by atoms with van der Waals surface area (Å²) in [6, 6.07) is 22.7. The lowest BCUT2D eigenvalue weighted by atomic mass is 9.98. The molecular weight excluding hydrogens is 406 g/mol. The molecule has 2 N–H and O–H groups in total. The molecule has 3 aromatic rings. The lowest BCUT2D eigenvalue weighted by molar-refractivity contribution is -0.140. The second-order valence-electron chi connectivity index (χ2n) is 8.15. The predicted molar refractivity (Wildman–Crippen MR) is 119 cm³/mol. The van der Waals surface area contributed by atoms with Gasteiger partial charge in [-0.15, -0.1) is 0 Å². The van der Waals surface area contributed by atoms with Crippen LogP contribution in [0.1, 0.15) is 29.0 Å². The smallest absolute Gasteiger partial charge is 0.407 e. The summed E-state index contributed by atoms with van der Waals surface area (Å²) >= 11 is 0. The molecule has 1 amide bonds. The second kappa shape index (κ2) is 8.38. The maximum Gasteiger partial charge on any atom is 0.407 e. The number of fused-ring (bicyclic) bond motifs is 4. The number of benzene rings is 3. The summed E-state index contributed by atoms with van der Waals surface area (Å²) in [7, 11) is 0. The molecule has 6 nitrogen and oxygen atoms in total. The van der Waals surface area contributed by atoms with Gasteiger partial charge >= 0.3 is 12.1 Å². The van der Waals surface area contributed by atoms with Gasteiger partial charge in [0.15, 0.2) is 0 Å². The Bertz CT molecular complexity index is 1100. The second-order valence-corrected chi connectivity index (χ2v) is 8.15. The van der Waals surface area contributed by atoms with Crippen molar-refractivity contribution in [3.8, 4) is 16.9 Å². The fourth-order valence-corrected chi connectivity index (χ4v) is 4.65. The topological polar surface area (TPSA) is 84.9 Å². The Morgan fingerprint density at radius 3 is 2.25 bits per heavy atom. The molecule has 0 saturated heterocycles. The highest BCUT2D eigenvalue weighted by Gasteiger charge is 2.32. The third-order valence-corrected chi connectivity index (χ3v) is 6.15. The molecule has 6 heteroatoms. The van der Waals surface area contributed by atoms with Gasteiger partial charge in [-0.25, -0.2) is 9.59 Å². The van der Waals surface area contributed by atoms with Crippen molar-refractivity contribution < 1.29 is 24.2 Å². The van der Waals surface area contributed by atoms with Crippen LogP contribution in [-0.2, 0) is 16.0 Å². The maximum absolute atomic E-state index is 12.5. The number of carbonyl (C=O) groups is 2. The summed E-state index contributed by atoms with van der Waals surface area (Å²) in [5.41, 5.74) is 5.53. The van der Waals surface area contributed by atoms with Gasteiger partial charge in [0.1, 0.15) is 24.5 Å². The third kappa shape index (κ3) is 3.80. The van der Waals surface area contributed by atoms with E-state index in [0.29, 0.717) is 6.42 Å². The molecule has 1 heterocycles. The van der Waals surface area contributed by atoms with Crippen molar-refractivity contribution >= 4 is 12.1 Å². The first-order valence-electron chi connectivity index (χ1n) is 10.7. The molecule has 2 atom stereocenters. The van der Waals surface area contributed by atoms with Crippen molar-refractivity contribution in [2.45, 2.75) is 30.9 Å². The minimum absolute atomic E-state index is 0.0795. The number of aliphatic carboxylic acids is 1. The largest absolute Gasteiger partial charge is 0.490 e. The van der Waals surface area contributed by atoms with Crippen molar-refractivity contribution in [2.24, 2.45) is 0 Å². The number of alkyl carbamates (subject to hydrolysis) is 1. The Morgan fingerprint density at radius 1 is 0.969 bits per heavy atom. The zero-order valence-electron chi connectivity index (χ0n) is 17.4. The van der Waals surface area contributed by atoms with Crippen LogP contribution >= 0.6 is 0 Å².